The maximum atomic E-state index is 4.09. The number of rotatable bonds is 3. The maximum Gasteiger partial charge on any atom is 0.0671 e. The van der Waals surface area contributed by atoms with Gasteiger partial charge in [-0.3, -0.25) is 5.10 Å². The molecule has 2 N–H and O–H groups in total. The van der Waals surface area contributed by atoms with E-state index in [0.717, 1.165) is 16.6 Å². The highest BCUT2D eigenvalue weighted by atomic mass is 32.1. The number of H-pyrrole nitrogens is 1. The van der Waals surface area contributed by atoms with Crippen LogP contribution in [0.1, 0.15) is 23.4 Å². The van der Waals surface area contributed by atoms with Gasteiger partial charge in [-0.05, 0) is 43.0 Å². The lowest BCUT2D eigenvalue weighted by Gasteiger charge is -2.15. The number of benzene rings is 1. The average Bonchev–Trinajstić information content (AvgIpc) is 2.97. The standard InChI is InChI=1S/C14H15N3S/c1-9-6-7-18-14(9)10(2)16-12-4-3-5-13-11(12)8-15-17-13/h3-8,10,16H,1-2H3,(H,15,17). The highest BCUT2D eigenvalue weighted by Gasteiger charge is 2.11. The van der Waals surface area contributed by atoms with Gasteiger partial charge in [0.2, 0.25) is 0 Å². The fourth-order valence-corrected chi connectivity index (χ4v) is 3.16. The third-order valence-corrected chi connectivity index (χ3v) is 4.35. The van der Waals surface area contributed by atoms with Crippen molar-refractivity contribution >= 4 is 27.9 Å². The molecule has 0 saturated carbocycles. The average molecular weight is 257 g/mol. The summed E-state index contributed by atoms with van der Waals surface area (Å²) in [4.78, 5) is 1.38. The minimum atomic E-state index is 0.311. The van der Waals surface area contributed by atoms with Gasteiger partial charge in [0.1, 0.15) is 0 Å². The SMILES string of the molecule is Cc1ccsc1C(C)Nc1cccc2[nH]ncc12. The summed E-state index contributed by atoms with van der Waals surface area (Å²) in [6, 6.07) is 8.64. The Bertz CT molecular complexity index is 668. The highest BCUT2D eigenvalue weighted by Crippen LogP contribution is 2.29. The zero-order valence-electron chi connectivity index (χ0n) is 10.4. The number of fused-ring (bicyclic) bond motifs is 1. The van der Waals surface area contributed by atoms with Crippen molar-refractivity contribution in [1.82, 2.24) is 10.2 Å². The minimum absolute atomic E-state index is 0.311. The van der Waals surface area contributed by atoms with Gasteiger partial charge >= 0.3 is 0 Å². The van der Waals surface area contributed by atoms with Crippen molar-refractivity contribution in [3.63, 3.8) is 0 Å². The van der Waals surface area contributed by atoms with Crippen molar-refractivity contribution in [1.29, 1.82) is 0 Å². The molecule has 0 bridgehead atoms. The molecular formula is C14H15N3S. The molecule has 2 heterocycles. The fraction of sp³-hybridized carbons (Fsp3) is 0.214. The highest BCUT2D eigenvalue weighted by molar-refractivity contribution is 7.10. The van der Waals surface area contributed by atoms with Crippen molar-refractivity contribution in [3.8, 4) is 0 Å². The first kappa shape index (κ1) is 11.3. The van der Waals surface area contributed by atoms with E-state index in [9.17, 15) is 0 Å². The second-order valence-electron chi connectivity index (χ2n) is 4.47. The summed E-state index contributed by atoms with van der Waals surface area (Å²) in [5.41, 5.74) is 3.54. The Morgan fingerprint density at radius 1 is 1.33 bits per heavy atom. The number of hydrogen-bond acceptors (Lipinski definition) is 3. The number of aryl methyl sites for hydroxylation is 1. The van der Waals surface area contributed by atoms with Crippen LogP contribution >= 0.6 is 11.3 Å². The van der Waals surface area contributed by atoms with E-state index in [0.29, 0.717) is 6.04 Å². The largest absolute Gasteiger partial charge is 0.377 e. The molecule has 18 heavy (non-hydrogen) atoms. The maximum absolute atomic E-state index is 4.09. The van der Waals surface area contributed by atoms with E-state index in [1.165, 1.54) is 10.4 Å². The molecule has 0 fully saturated rings. The zero-order valence-corrected chi connectivity index (χ0v) is 11.2. The van der Waals surface area contributed by atoms with Crippen molar-refractivity contribution in [2.45, 2.75) is 19.9 Å². The van der Waals surface area contributed by atoms with E-state index in [4.69, 9.17) is 0 Å². The number of aromatic amines is 1. The van der Waals surface area contributed by atoms with Crippen LogP contribution < -0.4 is 5.32 Å². The Morgan fingerprint density at radius 3 is 3.00 bits per heavy atom. The molecular weight excluding hydrogens is 242 g/mol. The Kier molecular flexibility index (Phi) is 2.80. The van der Waals surface area contributed by atoms with Gasteiger partial charge < -0.3 is 5.32 Å². The topological polar surface area (TPSA) is 40.7 Å². The van der Waals surface area contributed by atoms with Gasteiger partial charge in [-0.25, -0.2) is 0 Å². The summed E-state index contributed by atoms with van der Waals surface area (Å²) in [5, 5.41) is 13.9. The van der Waals surface area contributed by atoms with Crippen molar-refractivity contribution < 1.29 is 0 Å². The van der Waals surface area contributed by atoms with Crippen molar-refractivity contribution in [2.24, 2.45) is 0 Å². The van der Waals surface area contributed by atoms with Crippen LogP contribution in [0.3, 0.4) is 0 Å². The Hall–Kier alpha value is -1.81. The van der Waals surface area contributed by atoms with Gasteiger partial charge in [-0.15, -0.1) is 11.3 Å². The molecule has 1 atom stereocenters. The van der Waals surface area contributed by atoms with Crippen LogP contribution in [-0.4, -0.2) is 10.2 Å². The van der Waals surface area contributed by atoms with Crippen molar-refractivity contribution in [3.05, 3.63) is 46.3 Å². The summed E-state index contributed by atoms with van der Waals surface area (Å²) in [6.07, 6.45) is 1.87. The molecule has 0 aliphatic carbocycles. The Balaban J connectivity index is 1.93. The molecule has 3 aromatic rings. The lowest BCUT2D eigenvalue weighted by Crippen LogP contribution is -2.06. The normalized spacial score (nSPS) is 12.8. The predicted molar refractivity (Wildman–Crippen MR) is 77.2 cm³/mol. The van der Waals surface area contributed by atoms with Gasteiger partial charge in [0.15, 0.2) is 0 Å². The molecule has 0 spiro atoms. The number of nitrogens with zero attached hydrogens (tertiary/aromatic N) is 1. The first-order valence-corrected chi connectivity index (χ1v) is 6.86. The second-order valence-corrected chi connectivity index (χ2v) is 5.42. The second kappa shape index (κ2) is 4.46. The zero-order chi connectivity index (χ0) is 12.5. The van der Waals surface area contributed by atoms with E-state index in [-0.39, 0.29) is 0 Å². The fourth-order valence-electron chi connectivity index (χ4n) is 2.22. The molecule has 0 aliphatic rings. The number of hydrogen-bond donors (Lipinski definition) is 2. The van der Waals surface area contributed by atoms with Gasteiger partial charge in [0.25, 0.3) is 0 Å². The predicted octanol–water partition coefficient (Wildman–Crippen LogP) is 4.11. The molecule has 0 saturated heterocycles. The van der Waals surface area contributed by atoms with Gasteiger partial charge in [0.05, 0.1) is 17.8 Å². The Morgan fingerprint density at radius 2 is 2.22 bits per heavy atom. The van der Waals surface area contributed by atoms with Crippen LogP contribution in [0.4, 0.5) is 5.69 Å². The third kappa shape index (κ3) is 1.88. The van der Waals surface area contributed by atoms with E-state index in [1.54, 1.807) is 11.3 Å². The molecule has 1 aromatic carbocycles. The monoisotopic (exact) mass is 257 g/mol. The van der Waals surface area contributed by atoms with Crippen LogP contribution in [0, 0.1) is 6.92 Å². The number of anilines is 1. The summed E-state index contributed by atoms with van der Waals surface area (Å²) in [6.45, 7) is 4.35. The first-order valence-electron chi connectivity index (χ1n) is 5.98. The lowest BCUT2D eigenvalue weighted by atomic mass is 10.1. The van der Waals surface area contributed by atoms with Crippen LogP contribution in [0.25, 0.3) is 10.9 Å². The number of aromatic nitrogens is 2. The molecule has 3 rings (SSSR count). The first-order chi connectivity index (χ1) is 8.75. The molecule has 0 radical (unpaired) electrons. The van der Waals surface area contributed by atoms with Crippen LogP contribution in [-0.2, 0) is 0 Å². The smallest absolute Gasteiger partial charge is 0.0671 e. The number of nitrogens with one attached hydrogen (secondary N) is 2. The van der Waals surface area contributed by atoms with E-state index in [1.807, 2.05) is 18.3 Å². The third-order valence-electron chi connectivity index (χ3n) is 3.15. The summed E-state index contributed by atoms with van der Waals surface area (Å²) in [5.74, 6) is 0. The van der Waals surface area contributed by atoms with Crippen LogP contribution in [0.2, 0.25) is 0 Å². The van der Waals surface area contributed by atoms with Gasteiger partial charge in [-0.1, -0.05) is 6.07 Å². The molecule has 1 unspecified atom stereocenters. The van der Waals surface area contributed by atoms with Gasteiger partial charge in [0, 0.05) is 16.0 Å². The van der Waals surface area contributed by atoms with E-state index >= 15 is 0 Å². The lowest BCUT2D eigenvalue weighted by molar-refractivity contribution is 0.901. The number of thiophene rings is 1. The van der Waals surface area contributed by atoms with Crippen molar-refractivity contribution in [2.75, 3.05) is 5.32 Å². The molecule has 3 nitrogen and oxygen atoms in total. The molecule has 0 aliphatic heterocycles. The van der Waals surface area contributed by atoms with Gasteiger partial charge in [-0.2, -0.15) is 5.10 Å². The summed E-state index contributed by atoms with van der Waals surface area (Å²) < 4.78 is 0. The van der Waals surface area contributed by atoms with E-state index in [2.05, 4.69) is 46.9 Å². The molecule has 0 amide bonds. The summed E-state index contributed by atoms with van der Waals surface area (Å²) >= 11 is 1.80. The Labute approximate surface area is 110 Å². The summed E-state index contributed by atoms with van der Waals surface area (Å²) in [7, 11) is 0. The quantitative estimate of drug-likeness (QED) is 0.741. The molecule has 92 valence electrons. The van der Waals surface area contributed by atoms with Crippen LogP contribution in [0.5, 0.6) is 0 Å². The van der Waals surface area contributed by atoms with E-state index < -0.39 is 0 Å². The minimum Gasteiger partial charge on any atom is -0.377 e. The van der Waals surface area contributed by atoms with Crippen LogP contribution in [0.15, 0.2) is 35.8 Å². The molecule has 4 heteroatoms. The molecule has 2 aromatic heterocycles.